The molecule has 2 heterocycles. The van der Waals surface area contributed by atoms with Crippen molar-refractivity contribution in [3.63, 3.8) is 0 Å². The number of hydrogen-bond donors (Lipinski definition) is 1. The Morgan fingerprint density at radius 1 is 1.12 bits per heavy atom. The van der Waals surface area contributed by atoms with E-state index in [-0.39, 0.29) is 11.7 Å². The summed E-state index contributed by atoms with van der Waals surface area (Å²) < 4.78 is 14.6. The summed E-state index contributed by atoms with van der Waals surface area (Å²) in [5, 5.41) is 16.2. The Hall–Kier alpha value is -3.13. The van der Waals surface area contributed by atoms with Gasteiger partial charge in [0, 0.05) is 17.7 Å². The lowest BCUT2D eigenvalue weighted by Crippen LogP contribution is -2.22. The van der Waals surface area contributed by atoms with Crippen LogP contribution in [0.4, 0.5) is 4.39 Å². The summed E-state index contributed by atoms with van der Waals surface area (Å²) in [6, 6.07) is 13.3. The zero-order valence-electron chi connectivity index (χ0n) is 13.8. The molecule has 0 radical (unpaired) electrons. The monoisotopic (exact) mass is 367 g/mol. The Kier molecular flexibility index (Phi) is 4.18. The fourth-order valence-electron chi connectivity index (χ4n) is 2.48. The van der Waals surface area contributed by atoms with Gasteiger partial charge in [0.2, 0.25) is 4.96 Å². The lowest BCUT2D eigenvalue weighted by atomic mass is 10.1. The molecule has 0 aliphatic heterocycles. The third kappa shape index (κ3) is 3.18. The van der Waals surface area contributed by atoms with Gasteiger partial charge in [-0.3, -0.25) is 4.79 Å². The first-order valence-electron chi connectivity index (χ1n) is 7.92. The number of carbonyl (C=O) groups is 1. The molecule has 4 rings (SSSR count). The highest BCUT2D eigenvalue weighted by Crippen LogP contribution is 2.25. The third-order valence-electron chi connectivity index (χ3n) is 3.91. The second kappa shape index (κ2) is 6.64. The molecule has 2 aromatic heterocycles. The summed E-state index contributed by atoms with van der Waals surface area (Å²) >= 11 is 1.47. The minimum absolute atomic E-state index is 0.238. The van der Waals surface area contributed by atoms with Gasteiger partial charge in [0.1, 0.15) is 10.8 Å². The average Bonchev–Trinajstić information content (AvgIpc) is 3.23. The molecule has 0 atom stereocenters. The lowest BCUT2D eigenvalue weighted by Gasteiger charge is -2.06. The fourth-order valence-corrected chi connectivity index (χ4v) is 3.37. The highest BCUT2D eigenvalue weighted by Gasteiger charge is 2.10. The van der Waals surface area contributed by atoms with Gasteiger partial charge in [0.05, 0.1) is 0 Å². The number of aromatic nitrogens is 4. The smallest absolute Gasteiger partial charge is 0.251 e. The Balaban J connectivity index is 1.44. The van der Waals surface area contributed by atoms with E-state index in [2.05, 4.69) is 20.6 Å². The number of nitrogens with one attached hydrogen (secondary N) is 1. The van der Waals surface area contributed by atoms with Crippen LogP contribution in [0.1, 0.15) is 21.7 Å². The minimum atomic E-state index is -0.363. The molecule has 130 valence electrons. The standard InChI is InChI=1S/C18H14FN5OS/c1-11-21-22-18-24(11)23-17(26-18)14-4-2-12(3-5-14)10-20-16(25)13-6-8-15(19)9-7-13/h2-9H,10H2,1H3,(H,20,25). The quantitative estimate of drug-likeness (QED) is 0.601. The molecule has 4 aromatic rings. The summed E-state index contributed by atoms with van der Waals surface area (Å²) in [7, 11) is 0. The van der Waals surface area contributed by atoms with Crippen molar-refractivity contribution >= 4 is 22.2 Å². The van der Waals surface area contributed by atoms with Crippen LogP contribution in [0.25, 0.3) is 15.5 Å². The SMILES string of the molecule is Cc1nnc2sc(-c3ccc(CNC(=O)c4ccc(F)cc4)cc3)nn12. The first-order chi connectivity index (χ1) is 12.6. The molecule has 0 aliphatic carbocycles. The van der Waals surface area contributed by atoms with E-state index in [0.29, 0.717) is 12.1 Å². The summed E-state index contributed by atoms with van der Waals surface area (Å²) in [4.78, 5) is 12.8. The maximum atomic E-state index is 12.9. The summed E-state index contributed by atoms with van der Waals surface area (Å²) in [6.07, 6.45) is 0. The van der Waals surface area contributed by atoms with Crippen molar-refractivity contribution in [2.45, 2.75) is 13.5 Å². The topological polar surface area (TPSA) is 72.2 Å². The Bertz CT molecular complexity index is 1070. The van der Waals surface area contributed by atoms with Crippen LogP contribution in [0.5, 0.6) is 0 Å². The van der Waals surface area contributed by atoms with Crippen molar-refractivity contribution in [3.8, 4) is 10.6 Å². The number of fused-ring (bicyclic) bond motifs is 1. The van der Waals surface area contributed by atoms with Crippen LogP contribution in [0.3, 0.4) is 0 Å². The number of aryl methyl sites for hydroxylation is 1. The maximum absolute atomic E-state index is 12.9. The highest BCUT2D eigenvalue weighted by atomic mass is 32.1. The van der Waals surface area contributed by atoms with E-state index < -0.39 is 0 Å². The van der Waals surface area contributed by atoms with Crippen LogP contribution in [0, 0.1) is 12.7 Å². The number of halogens is 1. The molecule has 0 fully saturated rings. The molecule has 0 unspecified atom stereocenters. The summed E-state index contributed by atoms with van der Waals surface area (Å²) in [5.74, 6) is 0.151. The minimum Gasteiger partial charge on any atom is -0.348 e. The molecular formula is C18H14FN5OS. The van der Waals surface area contributed by atoms with Gasteiger partial charge in [-0.05, 0) is 36.8 Å². The molecule has 6 nitrogen and oxygen atoms in total. The second-order valence-corrected chi connectivity index (χ2v) is 6.69. The van der Waals surface area contributed by atoms with Gasteiger partial charge < -0.3 is 5.32 Å². The Labute approximate surface area is 152 Å². The van der Waals surface area contributed by atoms with Gasteiger partial charge >= 0.3 is 0 Å². The largest absolute Gasteiger partial charge is 0.348 e. The second-order valence-electron chi connectivity index (χ2n) is 5.74. The van der Waals surface area contributed by atoms with E-state index in [0.717, 1.165) is 26.9 Å². The number of benzene rings is 2. The van der Waals surface area contributed by atoms with E-state index >= 15 is 0 Å². The molecule has 0 saturated heterocycles. The zero-order chi connectivity index (χ0) is 18.1. The molecule has 0 bridgehead atoms. The average molecular weight is 367 g/mol. The van der Waals surface area contributed by atoms with Crippen LogP contribution >= 0.6 is 11.3 Å². The highest BCUT2D eigenvalue weighted by molar-refractivity contribution is 7.19. The molecule has 1 amide bonds. The van der Waals surface area contributed by atoms with Gasteiger partial charge in [-0.2, -0.15) is 9.61 Å². The van der Waals surface area contributed by atoms with E-state index in [4.69, 9.17) is 0 Å². The molecule has 2 aromatic carbocycles. The summed E-state index contributed by atoms with van der Waals surface area (Å²) in [6.45, 7) is 2.25. The summed E-state index contributed by atoms with van der Waals surface area (Å²) in [5.41, 5.74) is 2.37. The molecule has 0 spiro atoms. The number of carbonyl (C=O) groups excluding carboxylic acids is 1. The number of hydrogen-bond acceptors (Lipinski definition) is 5. The van der Waals surface area contributed by atoms with Gasteiger partial charge in [-0.15, -0.1) is 10.2 Å². The van der Waals surface area contributed by atoms with Crippen molar-refractivity contribution in [2.75, 3.05) is 0 Å². The van der Waals surface area contributed by atoms with Crippen LogP contribution in [-0.4, -0.2) is 25.7 Å². The first-order valence-corrected chi connectivity index (χ1v) is 8.74. The predicted molar refractivity (Wildman–Crippen MR) is 96.4 cm³/mol. The van der Waals surface area contributed by atoms with Crippen molar-refractivity contribution in [1.82, 2.24) is 25.1 Å². The van der Waals surface area contributed by atoms with E-state index in [1.807, 2.05) is 31.2 Å². The number of rotatable bonds is 4. The van der Waals surface area contributed by atoms with Gasteiger partial charge in [-0.25, -0.2) is 4.39 Å². The molecular weight excluding hydrogens is 353 g/mol. The number of nitrogens with zero attached hydrogens (tertiary/aromatic N) is 4. The molecule has 8 heteroatoms. The Morgan fingerprint density at radius 2 is 1.85 bits per heavy atom. The molecule has 0 saturated carbocycles. The van der Waals surface area contributed by atoms with E-state index in [1.165, 1.54) is 35.6 Å². The van der Waals surface area contributed by atoms with Crippen molar-refractivity contribution in [1.29, 1.82) is 0 Å². The van der Waals surface area contributed by atoms with Crippen LogP contribution in [0.2, 0.25) is 0 Å². The van der Waals surface area contributed by atoms with Crippen LogP contribution in [0.15, 0.2) is 48.5 Å². The zero-order valence-corrected chi connectivity index (χ0v) is 14.6. The van der Waals surface area contributed by atoms with E-state index in [1.54, 1.807) is 4.52 Å². The van der Waals surface area contributed by atoms with Gasteiger partial charge in [0.25, 0.3) is 5.91 Å². The molecule has 1 N–H and O–H groups in total. The molecule has 0 aliphatic rings. The van der Waals surface area contributed by atoms with Crippen molar-refractivity contribution < 1.29 is 9.18 Å². The van der Waals surface area contributed by atoms with Crippen LogP contribution in [-0.2, 0) is 6.54 Å². The van der Waals surface area contributed by atoms with Crippen molar-refractivity contribution in [2.24, 2.45) is 0 Å². The molecule has 26 heavy (non-hydrogen) atoms. The van der Waals surface area contributed by atoms with E-state index in [9.17, 15) is 9.18 Å². The van der Waals surface area contributed by atoms with Crippen LogP contribution < -0.4 is 5.32 Å². The normalized spacial score (nSPS) is 11.0. The third-order valence-corrected chi connectivity index (χ3v) is 4.85. The van der Waals surface area contributed by atoms with Gasteiger partial charge in [-0.1, -0.05) is 35.6 Å². The van der Waals surface area contributed by atoms with Gasteiger partial charge in [0.15, 0.2) is 5.82 Å². The fraction of sp³-hybridized carbons (Fsp3) is 0.111. The maximum Gasteiger partial charge on any atom is 0.251 e. The predicted octanol–water partition coefficient (Wildman–Crippen LogP) is 3.23. The van der Waals surface area contributed by atoms with Crippen molar-refractivity contribution in [3.05, 3.63) is 71.3 Å². The number of amides is 1. The first kappa shape index (κ1) is 16.3. The lowest BCUT2D eigenvalue weighted by molar-refractivity contribution is 0.0951. The Morgan fingerprint density at radius 3 is 2.54 bits per heavy atom.